The minimum atomic E-state index is 0.0130. The molecule has 4 rings (SSSR count). The van der Waals surface area contributed by atoms with Crippen molar-refractivity contribution in [2.24, 2.45) is 11.3 Å². The van der Waals surface area contributed by atoms with Gasteiger partial charge in [-0.2, -0.15) is 4.98 Å². The van der Waals surface area contributed by atoms with Gasteiger partial charge < -0.3 is 14.7 Å². The molecular weight excluding hydrogens is 292 g/mol. The van der Waals surface area contributed by atoms with E-state index in [1.165, 1.54) is 25.7 Å². The van der Waals surface area contributed by atoms with Crippen molar-refractivity contribution in [1.82, 2.24) is 20.4 Å². The molecule has 23 heavy (non-hydrogen) atoms. The molecule has 126 valence electrons. The van der Waals surface area contributed by atoms with E-state index in [0.717, 1.165) is 25.3 Å². The van der Waals surface area contributed by atoms with Gasteiger partial charge in [0.2, 0.25) is 5.89 Å². The molecule has 0 unspecified atom stereocenters. The third-order valence-electron chi connectivity index (χ3n) is 5.75. The second-order valence-electron chi connectivity index (χ2n) is 7.87. The molecule has 0 radical (unpaired) electrons. The first-order valence-electron chi connectivity index (χ1n) is 8.96. The normalized spacial score (nSPS) is 25.9. The Kier molecular flexibility index (Phi) is 3.58. The third kappa shape index (κ3) is 2.62. The molecule has 6 nitrogen and oxygen atoms in total. The lowest BCUT2D eigenvalue weighted by Crippen LogP contribution is -2.68. The second kappa shape index (κ2) is 5.49. The highest BCUT2D eigenvalue weighted by atomic mass is 16.5. The summed E-state index contributed by atoms with van der Waals surface area (Å²) in [6, 6.07) is 0.385. The smallest absolute Gasteiger partial charge is 0.318 e. The standard InChI is InChI=1S/C17H26N4O2/c1-11(2)14-17(7-3-4-8-17)10-21(14)16(22)18-9-13-19-15(23-20-13)12-5-6-12/h11-12,14H,3-10H2,1-2H3,(H,18,22)/t14-/m1/s1. The van der Waals surface area contributed by atoms with Crippen LogP contribution in [0.5, 0.6) is 0 Å². The predicted octanol–water partition coefficient (Wildman–Crippen LogP) is 3.06. The van der Waals surface area contributed by atoms with Crippen LogP contribution in [0.25, 0.3) is 0 Å². The lowest BCUT2D eigenvalue weighted by Gasteiger charge is -2.58. The van der Waals surface area contributed by atoms with Gasteiger partial charge in [0.1, 0.15) is 0 Å². The minimum Gasteiger partial charge on any atom is -0.339 e. The minimum absolute atomic E-state index is 0.0130. The number of nitrogens with zero attached hydrogens (tertiary/aromatic N) is 3. The summed E-state index contributed by atoms with van der Waals surface area (Å²) in [6.45, 7) is 5.71. The van der Waals surface area contributed by atoms with E-state index in [-0.39, 0.29) is 6.03 Å². The van der Waals surface area contributed by atoms with Crippen LogP contribution >= 0.6 is 0 Å². The van der Waals surface area contributed by atoms with Crippen LogP contribution in [0.15, 0.2) is 4.52 Å². The maximum absolute atomic E-state index is 12.5. The van der Waals surface area contributed by atoms with Crippen molar-refractivity contribution in [2.75, 3.05) is 6.54 Å². The monoisotopic (exact) mass is 318 g/mol. The van der Waals surface area contributed by atoms with Gasteiger partial charge in [0.25, 0.3) is 0 Å². The molecule has 1 atom stereocenters. The van der Waals surface area contributed by atoms with Gasteiger partial charge in [-0.15, -0.1) is 0 Å². The van der Waals surface area contributed by atoms with Gasteiger partial charge in [-0.25, -0.2) is 4.79 Å². The molecule has 1 saturated heterocycles. The molecule has 0 aromatic carbocycles. The van der Waals surface area contributed by atoms with Crippen molar-refractivity contribution >= 4 is 6.03 Å². The number of carbonyl (C=O) groups is 1. The molecule has 1 N–H and O–H groups in total. The third-order valence-corrected chi connectivity index (χ3v) is 5.75. The first-order valence-corrected chi connectivity index (χ1v) is 8.96. The number of carbonyl (C=O) groups excluding carboxylic acids is 1. The summed E-state index contributed by atoms with van der Waals surface area (Å²) in [6.07, 6.45) is 7.45. The Balaban J connectivity index is 1.35. The molecule has 1 spiro atoms. The summed E-state index contributed by atoms with van der Waals surface area (Å²) < 4.78 is 5.23. The average Bonchev–Trinajstić information content (AvgIpc) is 3.03. The highest BCUT2D eigenvalue weighted by Crippen LogP contribution is 2.52. The summed E-state index contributed by atoms with van der Waals surface area (Å²) in [5, 5.41) is 6.93. The fourth-order valence-electron chi connectivity index (χ4n) is 4.64. The molecule has 2 heterocycles. The summed E-state index contributed by atoms with van der Waals surface area (Å²) in [5.41, 5.74) is 0.386. The topological polar surface area (TPSA) is 71.3 Å². The molecule has 1 aromatic heterocycles. The first kappa shape index (κ1) is 15.0. The number of nitrogens with one attached hydrogen (secondary N) is 1. The number of likely N-dealkylation sites (tertiary alicyclic amines) is 1. The van der Waals surface area contributed by atoms with Crippen molar-refractivity contribution in [1.29, 1.82) is 0 Å². The van der Waals surface area contributed by atoms with Crippen molar-refractivity contribution in [3.8, 4) is 0 Å². The zero-order valence-electron chi connectivity index (χ0n) is 14.0. The predicted molar refractivity (Wildman–Crippen MR) is 84.7 cm³/mol. The molecule has 3 fully saturated rings. The summed E-state index contributed by atoms with van der Waals surface area (Å²) in [4.78, 5) is 18.9. The summed E-state index contributed by atoms with van der Waals surface area (Å²) in [5.74, 6) is 2.26. The lowest BCUT2D eigenvalue weighted by molar-refractivity contribution is -0.0616. The van der Waals surface area contributed by atoms with E-state index < -0.39 is 0 Å². The molecule has 0 bridgehead atoms. The van der Waals surface area contributed by atoms with Crippen LogP contribution in [0, 0.1) is 11.3 Å². The number of rotatable bonds is 4. The van der Waals surface area contributed by atoms with Crippen LogP contribution in [-0.4, -0.2) is 33.7 Å². The van der Waals surface area contributed by atoms with Crippen LogP contribution in [0.2, 0.25) is 0 Å². The Morgan fingerprint density at radius 3 is 2.78 bits per heavy atom. The fraction of sp³-hybridized carbons (Fsp3) is 0.824. The molecule has 6 heteroatoms. The van der Waals surface area contributed by atoms with Crippen molar-refractivity contribution in [3.05, 3.63) is 11.7 Å². The van der Waals surface area contributed by atoms with E-state index in [1.807, 2.05) is 4.90 Å². The van der Waals surface area contributed by atoms with Crippen LogP contribution in [0.4, 0.5) is 4.79 Å². The van der Waals surface area contributed by atoms with Crippen molar-refractivity contribution < 1.29 is 9.32 Å². The average molecular weight is 318 g/mol. The Hall–Kier alpha value is -1.59. The van der Waals surface area contributed by atoms with E-state index in [4.69, 9.17) is 4.52 Å². The molecule has 3 aliphatic rings. The highest BCUT2D eigenvalue weighted by Gasteiger charge is 2.56. The summed E-state index contributed by atoms with van der Waals surface area (Å²) >= 11 is 0. The zero-order chi connectivity index (χ0) is 16.0. The largest absolute Gasteiger partial charge is 0.339 e. The van der Waals surface area contributed by atoms with E-state index in [0.29, 0.717) is 35.7 Å². The van der Waals surface area contributed by atoms with Crippen molar-refractivity contribution in [3.63, 3.8) is 0 Å². The Labute approximate surface area is 137 Å². The van der Waals surface area contributed by atoms with Crippen LogP contribution < -0.4 is 5.32 Å². The molecule has 2 amide bonds. The Bertz CT molecular complexity index is 587. The van der Waals surface area contributed by atoms with E-state index in [2.05, 4.69) is 29.3 Å². The Morgan fingerprint density at radius 1 is 1.39 bits per heavy atom. The molecule has 2 aliphatic carbocycles. The highest BCUT2D eigenvalue weighted by molar-refractivity contribution is 5.76. The van der Waals surface area contributed by atoms with E-state index >= 15 is 0 Å². The molecule has 1 aliphatic heterocycles. The molecular formula is C17H26N4O2. The van der Waals surface area contributed by atoms with Gasteiger partial charge in [-0.1, -0.05) is 31.8 Å². The zero-order valence-corrected chi connectivity index (χ0v) is 14.0. The van der Waals surface area contributed by atoms with Gasteiger partial charge >= 0.3 is 6.03 Å². The van der Waals surface area contributed by atoms with Gasteiger partial charge in [0.15, 0.2) is 5.82 Å². The van der Waals surface area contributed by atoms with Gasteiger partial charge in [0, 0.05) is 23.9 Å². The van der Waals surface area contributed by atoms with E-state index in [1.54, 1.807) is 0 Å². The van der Waals surface area contributed by atoms with Gasteiger partial charge in [-0.3, -0.25) is 0 Å². The fourth-order valence-corrected chi connectivity index (χ4v) is 4.64. The number of hydrogen-bond donors (Lipinski definition) is 1. The van der Waals surface area contributed by atoms with Crippen LogP contribution in [0.3, 0.4) is 0 Å². The number of aromatic nitrogens is 2. The number of amides is 2. The summed E-state index contributed by atoms with van der Waals surface area (Å²) in [7, 11) is 0. The SMILES string of the molecule is CC(C)[C@H]1N(C(=O)NCc2noc(C3CC3)n2)CC12CCCC2. The van der Waals surface area contributed by atoms with Gasteiger partial charge in [0.05, 0.1) is 6.54 Å². The van der Waals surface area contributed by atoms with Crippen molar-refractivity contribution in [2.45, 2.75) is 70.9 Å². The number of urea groups is 1. The molecule has 2 saturated carbocycles. The van der Waals surface area contributed by atoms with E-state index in [9.17, 15) is 4.79 Å². The lowest BCUT2D eigenvalue weighted by atomic mass is 9.66. The first-order chi connectivity index (χ1) is 11.1. The maximum atomic E-state index is 12.5. The van der Waals surface area contributed by atoms with Crippen LogP contribution in [-0.2, 0) is 6.54 Å². The molecule has 1 aromatic rings. The Morgan fingerprint density at radius 2 is 2.13 bits per heavy atom. The quantitative estimate of drug-likeness (QED) is 0.926. The number of hydrogen-bond acceptors (Lipinski definition) is 4. The van der Waals surface area contributed by atoms with Crippen LogP contribution in [0.1, 0.15) is 70.0 Å². The maximum Gasteiger partial charge on any atom is 0.318 e. The second-order valence-corrected chi connectivity index (χ2v) is 7.87. The van der Waals surface area contributed by atoms with Gasteiger partial charge in [-0.05, 0) is 31.6 Å².